The molecule has 3 nitrogen and oxygen atoms in total. The molecule has 0 aliphatic heterocycles. The van der Waals surface area contributed by atoms with E-state index in [1.807, 2.05) is 6.92 Å². The minimum atomic E-state index is -0.681. The molecular weight excluding hydrogens is 327 g/mol. The van der Waals surface area contributed by atoms with Crippen LogP contribution in [0.3, 0.4) is 0 Å². The Kier molecular flexibility index (Phi) is 3.97. The summed E-state index contributed by atoms with van der Waals surface area (Å²) in [7, 11) is 0. The molecule has 2 rings (SSSR count). The summed E-state index contributed by atoms with van der Waals surface area (Å²) in [6.07, 6.45) is 0. The minimum absolute atomic E-state index is 0.0541. The smallest absolute Gasteiger partial charge is 0.167 e. The van der Waals surface area contributed by atoms with Crippen LogP contribution < -0.4 is 0 Å². The van der Waals surface area contributed by atoms with Crippen molar-refractivity contribution in [1.82, 2.24) is 14.8 Å². The zero-order valence-corrected chi connectivity index (χ0v) is 11.8. The lowest BCUT2D eigenvalue weighted by atomic mass is 10.2. The van der Waals surface area contributed by atoms with Gasteiger partial charge < -0.3 is 4.57 Å². The second-order valence-corrected chi connectivity index (χ2v) is 4.53. The van der Waals surface area contributed by atoms with Crippen molar-refractivity contribution < 1.29 is 8.78 Å². The first-order chi connectivity index (χ1) is 8.58. The molecular formula is C11H9BrClF2N3. The Hall–Kier alpha value is -1.01. The predicted molar refractivity (Wildman–Crippen MR) is 68.7 cm³/mol. The lowest BCUT2D eigenvalue weighted by Crippen LogP contribution is -2.03. The Morgan fingerprint density at radius 1 is 1.28 bits per heavy atom. The van der Waals surface area contributed by atoms with Crippen LogP contribution in [-0.2, 0) is 11.9 Å². The van der Waals surface area contributed by atoms with E-state index in [0.717, 1.165) is 12.1 Å². The van der Waals surface area contributed by atoms with Crippen LogP contribution in [0.1, 0.15) is 12.7 Å². The van der Waals surface area contributed by atoms with Crippen LogP contribution in [0, 0.1) is 11.6 Å². The fraction of sp³-hybridized carbons (Fsp3) is 0.273. The summed E-state index contributed by atoms with van der Waals surface area (Å²) >= 11 is 8.78. The molecule has 0 radical (unpaired) electrons. The fourth-order valence-electron chi connectivity index (χ4n) is 1.66. The molecule has 96 valence electrons. The van der Waals surface area contributed by atoms with Crippen LogP contribution in [0.25, 0.3) is 11.4 Å². The average molecular weight is 337 g/mol. The maximum absolute atomic E-state index is 13.8. The molecule has 0 saturated carbocycles. The average Bonchev–Trinajstić information content (AvgIpc) is 2.76. The molecule has 1 heterocycles. The third kappa shape index (κ3) is 2.27. The highest BCUT2D eigenvalue weighted by atomic mass is 79.9. The number of hydrogen-bond acceptors (Lipinski definition) is 2. The van der Waals surface area contributed by atoms with Gasteiger partial charge in [0, 0.05) is 6.54 Å². The summed E-state index contributed by atoms with van der Waals surface area (Å²) in [4.78, 5) is 0. The van der Waals surface area contributed by atoms with E-state index in [4.69, 9.17) is 11.6 Å². The molecule has 1 aromatic heterocycles. The third-order valence-electron chi connectivity index (χ3n) is 2.51. The van der Waals surface area contributed by atoms with Crippen molar-refractivity contribution in [3.05, 3.63) is 34.6 Å². The molecule has 0 fully saturated rings. The number of aromatic nitrogens is 3. The molecule has 0 bridgehead atoms. The Bertz CT molecular complexity index is 586. The summed E-state index contributed by atoms with van der Waals surface area (Å²) in [6.45, 7) is 2.44. The first kappa shape index (κ1) is 13.4. The van der Waals surface area contributed by atoms with Crippen LogP contribution in [-0.4, -0.2) is 14.8 Å². The number of benzene rings is 1. The van der Waals surface area contributed by atoms with Gasteiger partial charge in [-0.05, 0) is 19.1 Å². The molecule has 7 heteroatoms. The van der Waals surface area contributed by atoms with Crippen LogP contribution >= 0.6 is 27.5 Å². The van der Waals surface area contributed by atoms with Gasteiger partial charge in [-0.15, -0.1) is 10.2 Å². The maximum Gasteiger partial charge on any atom is 0.167 e. The van der Waals surface area contributed by atoms with E-state index in [1.165, 1.54) is 0 Å². The lowest BCUT2D eigenvalue weighted by Gasteiger charge is -2.07. The zero-order valence-electron chi connectivity index (χ0n) is 9.42. The van der Waals surface area contributed by atoms with Crippen LogP contribution in [0.4, 0.5) is 8.78 Å². The van der Waals surface area contributed by atoms with Gasteiger partial charge in [0.05, 0.1) is 15.9 Å². The number of halogens is 4. The van der Waals surface area contributed by atoms with E-state index < -0.39 is 11.6 Å². The lowest BCUT2D eigenvalue weighted by molar-refractivity contribution is 0.600. The van der Waals surface area contributed by atoms with Gasteiger partial charge in [0.2, 0.25) is 0 Å². The molecule has 0 aliphatic rings. The van der Waals surface area contributed by atoms with Crippen molar-refractivity contribution in [2.24, 2.45) is 0 Å². The van der Waals surface area contributed by atoms with E-state index in [1.54, 1.807) is 4.57 Å². The highest BCUT2D eigenvalue weighted by Crippen LogP contribution is 2.27. The summed E-state index contributed by atoms with van der Waals surface area (Å²) in [5, 5.41) is 8.05. The summed E-state index contributed by atoms with van der Waals surface area (Å²) in [5.41, 5.74) is 0.0541. The molecule has 0 amide bonds. The monoisotopic (exact) mass is 335 g/mol. The number of nitrogens with zero attached hydrogens (tertiary/aromatic N) is 3. The van der Waals surface area contributed by atoms with E-state index in [-0.39, 0.29) is 10.6 Å². The normalized spacial score (nSPS) is 10.9. The first-order valence-corrected chi connectivity index (χ1v) is 6.71. The molecule has 0 unspecified atom stereocenters. The van der Waals surface area contributed by atoms with Crippen molar-refractivity contribution in [3.8, 4) is 11.4 Å². The molecule has 0 N–H and O–H groups in total. The molecule has 0 spiro atoms. The van der Waals surface area contributed by atoms with Gasteiger partial charge in [0.25, 0.3) is 0 Å². The highest BCUT2D eigenvalue weighted by Gasteiger charge is 2.17. The van der Waals surface area contributed by atoms with E-state index >= 15 is 0 Å². The Morgan fingerprint density at radius 2 is 2.00 bits per heavy atom. The Balaban J connectivity index is 2.62. The summed E-state index contributed by atoms with van der Waals surface area (Å²) in [5.74, 6) is -0.356. The molecule has 18 heavy (non-hydrogen) atoms. The van der Waals surface area contributed by atoms with Crippen molar-refractivity contribution >= 4 is 27.5 Å². The minimum Gasteiger partial charge on any atom is -0.310 e. The van der Waals surface area contributed by atoms with Crippen LogP contribution in [0.5, 0.6) is 0 Å². The molecule has 1 aromatic carbocycles. The molecule has 0 aliphatic carbocycles. The van der Waals surface area contributed by atoms with Crippen LogP contribution in [0.2, 0.25) is 5.02 Å². The fourth-order valence-corrected chi connectivity index (χ4v) is 2.22. The van der Waals surface area contributed by atoms with Gasteiger partial charge in [-0.2, -0.15) is 0 Å². The second kappa shape index (κ2) is 5.32. The van der Waals surface area contributed by atoms with Gasteiger partial charge >= 0.3 is 0 Å². The topological polar surface area (TPSA) is 30.7 Å². The predicted octanol–water partition coefficient (Wildman–Crippen LogP) is 3.79. The zero-order chi connectivity index (χ0) is 13.3. The number of rotatable bonds is 3. The molecule has 0 atom stereocenters. The summed E-state index contributed by atoms with van der Waals surface area (Å²) in [6, 6.07) is 1.97. The Labute approximate surface area is 116 Å². The standard InChI is InChI=1S/C11H9BrClF2N3/c1-2-18-10(5-12)16-17-11(18)6-3-9(15)7(13)4-8(6)14/h3-4H,2,5H2,1H3. The molecule has 0 saturated heterocycles. The van der Waals surface area contributed by atoms with Crippen molar-refractivity contribution in [1.29, 1.82) is 0 Å². The van der Waals surface area contributed by atoms with E-state index in [2.05, 4.69) is 26.1 Å². The maximum atomic E-state index is 13.8. The SMILES string of the molecule is CCn1c(CBr)nnc1-c1cc(F)c(Cl)cc1F. The first-order valence-electron chi connectivity index (χ1n) is 5.21. The largest absolute Gasteiger partial charge is 0.310 e. The van der Waals surface area contributed by atoms with Gasteiger partial charge in [0.1, 0.15) is 17.5 Å². The molecule has 2 aromatic rings. The Morgan fingerprint density at radius 3 is 2.61 bits per heavy atom. The van der Waals surface area contributed by atoms with Gasteiger partial charge in [-0.1, -0.05) is 27.5 Å². The summed E-state index contributed by atoms with van der Waals surface area (Å²) < 4.78 is 28.9. The second-order valence-electron chi connectivity index (χ2n) is 3.56. The number of hydrogen-bond donors (Lipinski definition) is 0. The number of alkyl halides is 1. The quantitative estimate of drug-likeness (QED) is 0.630. The van der Waals surface area contributed by atoms with Gasteiger partial charge in [-0.3, -0.25) is 0 Å². The van der Waals surface area contributed by atoms with Crippen molar-refractivity contribution in [2.45, 2.75) is 18.8 Å². The van der Waals surface area contributed by atoms with Gasteiger partial charge in [-0.25, -0.2) is 8.78 Å². The van der Waals surface area contributed by atoms with Gasteiger partial charge in [0.15, 0.2) is 5.82 Å². The van der Waals surface area contributed by atoms with E-state index in [0.29, 0.717) is 23.5 Å². The third-order valence-corrected chi connectivity index (χ3v) is 3.31. The van der Waals surface area contributed by atoms with Crippen molar-refractivity contribution in [3.63, 3.8) is 0 Å². The van der Waals surface area contributed by atoms with E-state index in [9.17, 15) is 8.78 Å². The highest BCUT2D eigenvalue weighted by molar-refractivity contribution is 9.08. The van der Waals surface area contributed by atoms with Crippen LogP contribution in [0.15, 0.2) is 12.1 Å². The van der Waals surface area contributed by atoms with Crippen molar-refractivity contribution in [2.75, 3.05) is 0 Å².